The van der Waals surface area contributed by atoms with Crippen LogP contribution in [0.3, 0.4) is 0 Å². The summed E-state index contributed by atoms with van der Waals surface area (Å²) < 4.78 is 5.82. The van der Waals surface area contributed by atoms with Gasteiger partial charge >= 0.3 is 0 Å². The Hall–Kier alpha value is -2.33. The van der Waals surface area contributed by atoms with Gasteiger partial charge in [0.15, 0.2) is 0 Å². The molecule has 28 heavy (non-hydrogen) atoms. The van der Waals surface area contributed by atoms with Gasteiger partial charge in [0.2, 0.25) is 5.91 Å². The number of aliphatic hydroxyl groups excluding tert-OH is 1. The van der Waals surface area contributed by atoms with E-state index in [9.17, 15) is 9.90 Å². The number of rotatable bonds is 10. The fourth-order valence-electron chi connectivity index (χ4n) is 3.66. The quantitative estimate of drug-likeness (QED) is 0.647. The Morgan fingerprint density at radius 3 is 2.54 bits per heavy atom. The lowest BCUT2D eigenvalue weighted by Gasteiger charge is -2.16. The second-order valence-electron chi connectivity index (χ2n) is 7.88. The molecule has 4 heteroatoms. The molecule has 0 aromatic heterocycles. The van der Waals surface area contributed by atoms with Crippen LogP contribution in [0.15, 0.2) is 54.6 Å². The van der Waals surface area contributed by atoms with E-state index in [1.54, 1.807) is 0 Å². The molecule has 0 spiro atoms. The molecular formula is C24H31NO3. The molecule has 3 rings (SSSR count). The van der Waals surface area contributed by atoms with Crippen molar-refractivity contribution in [3.8, 4) is 5.75 Å². The predicted molar refractivity (Wildman–Crippen MR) is 112 cm³/mol. The predicted octanol–water partition coefficient (Wildman–Crippen LogP) is 4.25. The largest absolute Gasteiger partial charge is 0.493 e. The molecule has 0 heterocycles. The van der Waals surface area contributed by atoms with Crippen LogP contribution in [0, 0.1) is 5.92 Å². The van der Waals surface area contributed by atoms with Crippen LogP contribution >= 0.6 is 0 Å². The van der Waals surface area contributed by atoms with E-state index in [0.717, 1.165) is 30.6 Å². The number of hydrogen-bond donors (Lipinski definition) is 2. The van der Waals surface area contributed by atoms with E-state index in [-0.39, 0.29) is 18.6 Å². The lowest BCUT2D eigenvalue weighted by Crippen LogP contribution is -2.33. The van der Waals surface area contributed by atoms with Crippen molar-refractivity contribution in [3.05, 3.63) is 65.7 Å². The number of amides is 1. The molecule has 1 amide bonds. The van der Waals surface area contributed by atoms with Gasteiger partial charge in [-0.25, -0.2) is 0 Å². The van der Waals surface area contributed by atoms with Gasteiger partial charge < -0.3 is 15.2 Å². The molecule has 1 fully saturated rings. The highest BCUT2D eigenvalue weighted by atomic mass is 16.5. The van der Waals surface area contributed by atoms with Crippen molar-refractivity contribution in [1.29, 1.82) is 0 Å². The van der Waals surface area contributed by atoms with Crippen molar-refractivity contribution in [2.24, 2.45) is 5.92 Å². The Bertz CT molecular complexity index is 744. The van der Waals surface area contributed by atoms with Crippen molar-refractivity contribution >= 4 is 5.91 Å². The number of ether oxygens (including phenoxy) is 1. The molecule has 2 aromatic rings. The van der Waals surface area contributed by atoms with Crippen LogP contribution in [0.5, 0.6) is 5.75 Å². The highest BCUT2D eigenvalue weighted by Crippen LogP contribution is 2.41. The first kappa shape index (κ1) is 20.4. The van der Waals surface area contributed by atoms with Gasteiger partial charge in [-0.15, -0.1) is 0 Å². The Balaban J connectivity index is 1.53. The summed E-state index contributed by atoms with van der Waals surface area (Å²) in [6.45, 7) is 4.85. The zero-order valence-electron chi connectivity index (χ0n) is 16.8. The minimum atomic E-state index is -0.551. The third-order valence-corrected chi connectivity index (χ3v) is 5.44. The fourth-order valence-corrected chi connectivity index (χ4v) is 3.66. The van der Waals surface area contributed by atoms with Gasteiger partial charge in [-0.1, -0.05) is 62.7 Å². The van der Waals surface area contributed by atoms with Gasteiger partial charge in [0.25, 0.3) is 0 Å². The van der Waals surface area contributed by atoms with Gasteiger partial charge in [0.05, 0.1) is 19.1 Å². The van der Waals surface area contributed by atoms with E-state index < -0.39 is 5.92 Å². The van der Waals surface area contributed by atoms with Gasteiger partial charge in [-0.05, 0) is 42.0 Å². The van der Waals surface area contributed by atoms with E-state index in [4.69, 9.17) is 4.74 Å². The molecule has 1 unspecified atom stereocenters. The smallest absolute Gasteiger partial charge is 0.230 e. The second-order valence-corrected chi connectivity index (χ2v) is 7.88. The Labute approximate surface area is 167 Å². The first-order valence-electron chi connectivity index (χ1n) is 10.3. The third-order valence-electron chi connectivity index (χ3n) is 5.44. The Morgan fingerprint density at radius 1 is 1.18 bits per heavy atom. The summed E-state index contributed by atoms with van der Waals surface area (Å²) in [5, 5.41) is 12.9. The molecule has 0 bridgehead atoms. The van der Waals surface area contributed by atoms with Gasteiger partial charge in [-0.3, -0.25) is 4.79 Å². The SMILES string of the molecule is CCCC(C)COc1ccc([C@@H](CO)C(=O)N[C@@H]2C[C@H]2c2ccccc2)cc1. The summed E-state index contributed by atoms with van der Waals surface area (Å²) in [5.41, 5.74) is 2.07. The number of hydrogen-bond acceptors (Lipinski definition) is 3. The van der Waals surface area contributed by atoms with Gasteiger partial charge in [-0.2, -0.15) is 0 Å². The molecule has 1 aliphatic carbocycles. The van der Waals surface area contributed by atoms with Gasteiger partial charge in [0.1, 0.15) is 5.75 Å². The first-order valence-corrected chi connectivity index (χ1v) is 10.3. The van der Waals surface area contributed by atoms with Crippen LogP contribution in [-0.2, 0) is 4.79 Å². The summed E-state index contributed by atoms with van der Waals surface area (Å²) in [6, 6.07) is 17.9. The van der Waals surface area contributed by atoms with E-state index >= 15 is 0 Å². The average Bonchev–Trinajstić information content (AvgIpc) is 3.48. The maximum atomic E-state index is 12.7. The first-order chi connectivity index (χ1) is 13.6. The summed E-state index contributed by atoms with van der Waals surface area (Å²) in [7, 11) is 0. The zero-order valence-corrected chi connectivity index (χ0v) is 16.8. The van der Waals surface area contributed by atoms with Crippen molar-refractivity contribution < 1.29 is 14.6 Å². The normalized spacial score (nSPS) is 20.2. The minimum Gasteiger partial charge on any atom is -0.493 e. The minimum absolute atomic E-state index is 0.115. The van der Waals surface area contributed by atoms with Crippen molar-refractivity contribution in [2.45, 2.75) is 51.0 Å². The highest BCUT2D eigenvalue weighted by molar-refractivity contribution is 5.84. The van der Waals surface area contributed by atoms with Crippen molar-refractivity contribution in [3.63, 3.8) is 0 Å². The second kappa shape index (κ2) is 9.74. The maximum Gasteiger partial charge on any atom is 0.230 e. The van der Waals surface area contributed by atoms with Crippen LogP contribution in [-0.4, -0.2) is 30.3 Å². The molecule has 4 nitrogen and oxygen atoms in total. The van der Waals surface area contributed by atoms with E-state index in [2.05, 4.69) is 31.3 Å². The molecule has 2 N–H and O–H groups in total. The van der Waals surface area contributed by atoms with E-state index in [1.807, 2.05) is 42.5 Å². The van der Waals surface area contributed by atoms with Crippen LogP contribution in [0.2, 0.25) is 0 Å². The lowest BCUT2D eigenvalue weighted by molar-refractivity contribution is -0.123. The number of benzene rings is 2. The topological polar surface area (TPSA) is 58.6 Å². The Morgan fingerprint density at radius 2 is 1.89 bits per heavy atom. The van der Waals surface area contributed by atoms with Crippen LogP contribution < -0.4 is 10.1 Å². The standard InChI is InChI=1S/C24H31NO3/c1-3-7-17(2)16-28-20-12-10-19(11-13-20)22(15-26)24(27)25-23-14-21(23)18-8-5-4-6-9-18/h4-6,8-13,17,21-23,26H,3,7,14-16H2,1-2H3,(H,25,27)/t17?,21-,22+,23+/m0/s1. The number of nitrogens with one attached hydrogen (secondary N) is 1. The summed E-state index contributed by atoms with van der Waals surface area (Å²) in [6.07, 6.45) is 3.26. The number of carbonyl (C=O) groups is 1. The van der Waals surface area contributed by atoms with Crippen LogP contribution in [0.25, 0.3) is 0 Å². The molecule has 0 saturated heterocycles. The van der Waals surface area contributed by atoms with Crippen LogP contribution in [0.4, 0.5) is 0 Å². The molecule has 1 aliphatic rings. The average molecular weight is 382 g/mol. The zero-order chi connectivity index (χ0) is 19.9. The van der Waals surface area contributed by atoms with Crippen molar-refractivity contribution in [2.75, 3.05) is 13.2 Å². The Kier molecular flexibility index (Phi) is 7.10. The van der Waals surface area contributed by atoms with Gasteiger partial charge in [0, 0.05) is 12.0 Å². The lowest BCUT2D eigenvalue weighted by atomic mass is 9.99. The summed E-state index contributed by atoms with van der Waals surface area (Å²) in [4.78, 5) is 12.7. The fraction of sp³-hybridized carbons (Fsp3) is 0.458. The van der Waals surface area contributed by atoms with E-state index in [1.165, 1.54) is 5.56 Å². The summed E-state index contributed by atoms with van der Waals surface area (Å²) >= 11 is 0. The number of aliphatic hydroxyl groups is 1. The monoisotopic (exact) mass is 381 g/mol. The molecule has 1 saturated carbocycles. The summed E-state index contributed by atoms with van der Waals surface area (Å²) in [5.74, 6) is 1.04. The third kappa shape index (κ3) is 5.35. The highest BCUT2D eigenvalue weighted by Gasteiger charge is 2.40. The molecular weight excluding hydrogens is 350 g/mol. The molecule has 150 valence electrons. The molecule has 2 aromatic carbocycles. The van der Waals surface area contributed by atoms with E-state index in [0.29, 0.717) is 18.4 Å². The number of carbonyl (C=O) groups excluding carboxylic acids is 1. The maximum absolute atomic E-state index is 12.7. The molecule has 0 aliphatic heterocycles. The van der Waals surface area contributed by atoms with Crippen LogP contribution in [0.1, 0.15) is 56.1 Å². The van der Waals surface area contributed by atoms with Crippen molar-refractivity contribution in [1.82, 2.24) is 5.32 Å². The molecule has 0 radical (unpaired) electrons. The molecule has 4 atom stereocenters.